The molecule has 1 aromatic heterocycles. The molecular weight excluding hydrogens is 473 g/mol. The first-order chi connectivity index (χ1) is 10.3. The molecule has 8 heteroatoms. The van der Waals surface area contributed by atoms with Crippen molar-refractivity contribution in [3.8, 4) is 0 Å². The highest BCUT2D eigenvalue weighted by molar-refractivity contribution is 14.0. The number of nitrogens with one attached hydrogen (secondary N) is 2. The van der Waals surface area contributed by atoms with Gasteiger partial charge in [-0.25, -0.2) is 0 Å². The molecule has 0 aliphatic heterocycles. The molecule has 0 radical (unpaired) electrons. The van der Waals surface area contributed by atoms with E-state index in [2.05, 4.69) is 42.2 Å². The zero-order chi connectivity index (χ0) is 16.7. The van der Waals surface area contributed by atoms with Crippen LogP contribution in [0.1, 0.15) is 26.0 Å². The van der Waals surface area contributed by atoms with Crippen molar-refractivity contribution in [2.75, 3.05) is 20.6 Å². The van der Waals surface area contributed by atoms with Crippen molar-refractivity contribution < 1.29 is 4.79 Å². The van der Waals surface area contributed by atoms with E-state index >= 15 is 0 Å². The van der Waals surface area contributed by atoms with E-state index in [-0.39, 0.29) is 35.9 Å². The molecule has 1 heterocycles. The Morgan fingerprint density at radius 3 is 2.61 bits per heavy atom. The van der Waals surface area contributed by atoms with Crippen molar-refractivity contribution >= 4 is 51.8 Å². The normalized spacial score (nSPS) is 11.2. The summed E-state index contributed by atoms with van der Waals surface area (Å²) in [6.45, 7) is 5.21. The topological polar surface area (TPSA) is 61.7 Å². The first kappa shape index (κ1) is 22.2. The number of rotatable bonds is 6. The molecule has 0 spiro atoms. The van der Waals surface area contributed by atoms with Gasteiger partial charge < -0.3 is 20.1 Å². The number of carbonyl (C=O) groups excluding carboxylic acids is 1. The summed E-state index contributed by atoms with van der Waals surface area (Å²) in [7, 11) is 5.73. The maximum Gasteiger partial charge on any atom is 0.221 e. The average molecular weight is 500 g/mol. The van der Waals surface area contributed by atoms with E-state index in [1.54, 1.807) is 7.05 Å². The van der Waals surface area contributed by atoms with Gasteiger partial charge in [0.2, 0.25) is 5.91 Å². The van der Waals surface area contributed by atoms with Crippen LogP contribution >= 0.6 is 39.9 Å². The zero-order valence-corrected chi connectivity index (χ0v) is 18.3. The summed E-state index contributed by atoms with van der Waals surface area (Å²) in [4.78, 5) is 17.9. The number of guanidine groups is 1. The van der Waals surface area contributed by atoms with Gasteiger partial charge in [-0.1, -0.05) is 0 Å². The van der Waals surface area contributed by atoms with Gasteiger partial charge in [-0.15, -0.1) is 24.0 Å². The predicted molar refractivity (Wildman–Crippen MR) is 109 cm³/mol. The van der Waals surface area contributed by atoms with E-state index in [0.29, 0.717) is 13.0 Å². The number of aryl methyl sites for hydroxylation is 1. The summed E-state index contributed by atoms with van der Waals surface area (Å²) < 4.78 is 3.14. The van der Waals surface area contributed by atoms with Gasteiger partial charge in [-0.2, -0.15) is 0 Å². The third-order valence-electron chi connectivity index (χ3n) is 3.13. The molecule has 6 nitrogen and oxygen atoms in total. The largest absolute Gasteiger partial charge is 0.356 e. The fourth-order valence-electron chi connectivity index (χ4n) is 2.11. The molecule has 0 fully saturated rings. The Balaban J connectivity index is 0.00000484. The standard InChI is InChI=1S/C15H26BrN5O.HI/c1-11(2)19-14(22)6-7-18-15(17-3)21(5)10-13-8-12(16)9-20(13)4;/h8-9,11H,6-7,10H2,1-5H3,(H,17,18)(H,19,22);1H. The second-order valence-electron chi connectivity index (χ2n) is 5.56. The number of carbonyl (C=O) groups is 1. The quantitative estimate of drug-likeness (QED) is 0.359. The van der Waals surface area contributed by atoms with Gasteiger partial charge in [-0.3, -0.25) is 9.79 Å². The van der Waals surface area contributed by atoms with Gasteiger partial charge in [0.05, 0.1) is 6.54 Å². The second-order valence-corrected chi connectivity index (χ2v) is 6.48. The minimum atomic E-state index is 0. The first-order valence-corrected chi connectivity index (χ1v) is 8.14. The van der Waals surface area contributed by atoms with Crippen molar-refractivity contribution in [2.24, 2.45) is 12.0 Å². The number of aromatic nitrogens is 1. The van der Waals surface area contributed by atoms with Gasteiger partial charge in [0.25, 0.3) is 0 Å². The fraction of sp³-hybridized carbons (Fsp3) is 0.600. The van der Waals surface area contributed by atoms with Crippen molar-refractivity contribution in [3.63, 3.8) is 0 Å². The van der Waals surface area contributed by atoms with Crippen molar-refractivity contribution in [2.45, 2.75) is 32.9 Å². The number of halogens is 2. The Bertz CT molecular complexity index is 530. The lowest BCUT2D eigenvalue weighted by molar-refractivity contribution is -0.121. The zero-order valence-electron chi connectivity index (χ0n) is 14.4. The number of aliphatic imine (C=N–C) groups is 1. The summed E-state index contributed by atoms with van der Waals surface area (Å²) in [5.41, 5.74) is 1.18. The van der Waals surface area contributed by atoms with E-state index in [1.807, 2.05) is 39.0 Å². The van der Waals surface area contributed by atoms with E-state index in [1.165, 1.54) is 5.69 Å². The first-order valence-electron chi connectivity index (χ1n) is 7.35. The third-order valence-corrected chi connectivity index (χ3v) is 3.57. The van der Waals surface area contributed by atoms with Gasteiger partial charge in [-0.05, 0) is 35.8 Å². The molecule has 1 amide bonds. The van der Waals surface area contributed by atoms with Gasteiger partial charge in [0.1, 0.15) is 0 Å². The van der Waals surface area contributed by atoms with Crippen LogP contribution in [0.3, 0.4) is 0 Å². The van der Waals surface area contributed by atoms with Crippen molar-refractivity contribution in [1.82, 2.24) is 20.1 Å². The molecule has 0 unspecified atom stereocenters. The predicted octanol–water partition coefficient (Wildman–Crippen LogP) is 2.33. The summed E-state index contributed by atoms with van der Waals surface area (Å²) >= 11 is 3.47. The van der Waals surface area contributed by atoms with Crippen molar-refractivity contribution in [1.29, 1.82) is 0 Å². The molecule has 0 aliphatic rings. The number of nitrogens with zero attached hydrogens (tertiary/aromatic N) is 3. The lowest BCUT2D eigenvalue weighted by Gasteiger charge is -2.22. The molecule has 0 aromatic carbocycles. The number of amides is 1. The highest BCUT2D eigenvalue weighted by Crippen LogP contribution is 2.14. The minimum Gasteiger partial charge on any atom is -0.356 e. The van der Waals surface area contributed by atoms with Crippen molar-refractivity contribution in [3.05, 3.63) is 22.4 Å². The molecule has 0 atom stereocenters. The molecule has 1 aromatic rings. The van der Waals surface area contributed by atoms with Crippen LogP contribution in [0.25, 0.3) is 0 Å². The lowest BCUT2D eigenvalue weighted by atomic mass is 10.3. The van der Waals surface area contributed by atoms with E-state index in [0.717, 1.165) is 17.0 Å². The van der Waals surface area contributed by atoms with Gasteiger partial charge in [0.15, 0.2) is 5.96 Å². The van der Waals surface area contributed by atoms with E-state index in [4.69, 9.17) is 0 Å². The van der Waals surface area contributed by atoms with E-state index in [9.17, 15) is 4.79 Å². The molecule has 0 aliphatic carbocycles. The van der Waals surface area contributed by atoms with Crippen LogP contribution in [0.15, 0.2) is 21.7 Å². The second kappa shape index (κ2) is 10.9. The number of hydrogen-bond acceptors (Lipinski definition) is 2. The maximum absolute atomic E-state index is 11.6. The van der Waals surface area contributed by atoms with Crippen LogP contribution in [-0.4, -0.2) is 48.0 Å². The van der Waals surface area contributed by atoms with Crippen LogP contribution < -0.4 is 10.6 Å². The van der Waals surface area contributed by atoms with Gasteiger partial charge in [0, 0.05) is 56.5 Å². The van der Waals surface area contributed by atoms with Crippen LogP contribution in [-0.2, 0) is 18.4 Å². The third kappa shape index (κ3) is 8.05. The lowest BCUT2D eigenvalue weighted by Crippen LogP contribution is -2.41. The molecule has 0 saturated carbocycles. The highest BCUT2D eigenvalue weighted by Gasteiger charge is 2.10. The summed E-state index contributed by atoms with van der Waals surface area (Å²) in [6, 6.07) is 2.25. The van der Waals surface area contributed by atoms with Crippen LogP contribution in [0.4, 0.5) is 0 Å². The summed E-state index contributed by atoms with van der Waals surface area (Å²) in [5.74, 6) is 0.821. The number of hydrogen-bond donors (Lipinski definition) is 2. The molecule has 23 heavy (non-hydrogen) atoms. The maximum atomic E-state index is 11.6. The van der Waals surface area contributed by atoms with Crippen LogP contribution in [0, 0.1) is 0 Å². The van der Waals surface area contributed by atoms with Crippen LogP contribution in [0.2, 0.25) is 0 Å². The molecule has 1 rings (SSSR count). The Morgan fingerprint density at radius 1 is 1.48 bits per heavy atom. The molecule has 2 N–H and O–H groups in total. The molecule has 132 valence electrons. The molecule has 0 bridgehead atoms. The summed E-state index contributed by atoms with van der Waals surface area (Å²) in [5, 5.41) is 6.09. The SMILES string of the molecule is CN=C(NCCC(=O)NC(C)C)N(C)Cc1cc(Br)cn1C.I. The molecular formula is C15H27BrIN5O. The average Bonchev–Trinajstić information content (AvgIpc) is 2.72. The Labute approximate surface area is 164 Å². The van der Waals surface area contributed by atoms with E-state index < -0.39 is 0 Å². The smallest absolute Gasteiger partial charge is 0.221 e. The highest BCUT2D eigenvalue weighted by atomic mass is 127. The Kier molecular flexibility index (Phi) is 10.5. The molecule has 0 saturated heterocycles. The fourth-order valence-corrected chi connectivity index (χ4v) is 2.68. The Morgan fingerprint density at radius 2 is 2.13 bits per heavy atom. The van der Waals surface area contributed by atoms with Gasteiger partial charge >= 0.3 is 0 Å². The minimum absolute atomic E-state index is 0. The summed E-state index contributed by atoms with van der Waals surface area (Å²) in [6.07, 6.45) is 2.45. The van der Waals surface area contributed by atoms with Crippen LogP contribution in [0.5, 0.6) is 0 Å². The monoisotopic (exact) mass is 499 g/mol. The Hall–Kier alpha value is -0.770.